The molecular weight excluding hydrogens is 254 g/mol. The number of rotatable bonds is 4. The third-order valence-corrected chi connectivity index (χ3v) is 4.25. The Balaban J connectivity index is 2.44. The van der Waals surface area contributed by atoms with Gasteiger partial charge in [0.15, 0.2) is 0 Å². The molecule has 0 aliphatic heterocycles. The number of hydrogen-bond acceptors (Lipinski definition) is 5. The van der Waals surface area contributed by atoms with Gasteiger partial charge in [0.1, 0.15) is 11.2 Å². The molecule has 2 rings (SSSR count). The monoisotopic (exact) mass is 267 g/mol. The second kappa shape index (κ2) is 4.73. The number of aryl methyl sites for hydroxylation is 1. The van der Waals surface area contributed by atoms with Crippen LogP contribution in [0.4, 0.5) is 5.95 Å². The lowest BCUT2D eigenvalue weighted by Gasteiger charge is -2.19. The number of aromatic amines is 1. The van der Waals surface area contributed by atoms with Crippen molar-refractivity contribution >= 4 is 16.0 Å². The number of aromatic nitrogens is 4. The maximum absolute atomic E-state index is 12.4. The fourth-order valence-electron chi connectivity index (χ4n) is 1.49. The van der Waals surface area contributed by atoms with Crippen LogP contribution in [0, 0.1) is 6.92 Å². The Kier molecular flexibility index (Phi) is 3.28. The summed E-state index contributed by atoms with van der Waals surface area (Å²) in [6.45, 7) is 3.78. The van der Waals surface area contributed by atoms with Crippen molar-refractivity contribution in [1.29, 1.82) is 0 Å². The molecule has 0 aliphatic rings. The van der Waals surface area contributed by atoms with E-state index in [0.29, 0.717) is 0 Å². The molecule has 2 heterocycles. The van der Waals surface area contributed by atoms with E-state index in [4.69, 9.17) is 0 Å². The molecule has 0 aromatic carbocycles. The molecule has 1 N–H and O–H groups in total. The first-order valence-electron chi connectivity index (χ1n) is 5.36. The van der Waals surface area contributed by atoms with Crippen LogP contribution < -0.4 is 4.31 Å². The Hall–Kier alpha value is -1.96. The summed E-state index contributed by atoms with van der Waals surface area (Å²) < 4.78 is 25.9. The summed E-state index contributed by atoms with van der Waals surface area (Å²) in [6, 6.07) is 3.18. The maximum Gasteiger partial charge on any atom is 0.268 e. The molecule has 0 unspecified atom stereocenters. The summed E-state index contributed by atoms with van der Waals surface area (Å²) in [5.41, 5.74) is 0.761. The molecule has 0 saturated carbocycles. The van der Waals surface area contributed by atoms with Crippen LogP contribution in [0.2, 0.25) is 0 Å². The van der Waals surface area contributed by atoms with Crippen molar-refractivity contribution in [2.45, 2.75) is 18.7 Å². The van der Waals surface area contributed by atoms with Crippen molar-refractivity contribution in [3.8, 4) is 0 Å². The first-order chi connectivity index (χ1) is 8.55. The van der Waals surface area contributed by atoms with Crippen molar-refractivity contribution in [3.05, 3.63) is 30.4 Å². The molecule has 0 atom stereocenters. The van der Waals surface area contributed by atoms with Gasteiger partial charge in [0.2, 0.25) is 5.95 Å². The molecule has 8 heteroatoms. The highest BCUT2D eigenvalue weighted by Gasteiger charge is 2.25. The van der Waals surface area contributed by atoms with Gasteiger partial charge in [0.25, 0.3) is 10.0 Å². The number of sulfonamides is 1. The zero-order chi connectivity index (χ0) is 13.2. The smallest absolute Gasteiger partial charge is 0.260 e. The summed E-state index contributed by atoms with van der Waals surface area (Å²) in [5, 5.41) is 6.20. The largest absolute Gasteiger partial charge is 0.268 e. The number of H-pyrrole nitrogens is 1. The van der Waals surface area contributed by atoms with E-state index in [0.717, 1.165) is 10.00 Å². The van der Waals surface area contributed by atoms with E-state index in [1.165, 1.54) is 18.6 Å². The minimum atomic E-state index is -3.65. The second-order valence-corrected chi connectivity index (χ2v) is 5.48. The number of pyridine rings is 1. The van der Waals surface area contributed by atoms with Gasteiger partial charge in [0.05, 0.1) is 0 Å². The van der Waals surface area contributed by atoms with Crippen molar-refractivity contribution in [3.63, 3.8) is 0 Å². The number of anilines is 1. The van der Waals surface area contributed by atoms with Crippen LogP contribution >= 0.6 is 0 Å². The quantitative estimate of drug-likeness (QED) is 0.881. The SMILES string of the molecule is CCN(c1ncn[nH]1)S(=O)(=O)c1ccc(C)nc1. The van der Waals surface area contributed by atoms with Crippen LogP contribution in [0.3, 0.4) is 0 Å². The van der Waals surface area contributed by atoms with Gasteiger partial charge in [-0.25, -0.2) is 17.8 Å². The van der Waals surface area contributed by atoms with Crippen LogP contribution in [0.5, 0.6) is 0 Å². The van der Waals surface area contributed by atoms with E-state index >= 15 is 0 Å². The van der Waals surface area contributed by atoms with Gasteiger partial charge >= 0.3 is 0 Å². The maximum atomic E-state index is 12.4. The van der Waals surface area contributed by atoms with Gasteiger partial charge < -0.3 is 0 Å². The van der Waals surface area contributed by atoms with Crippen molar-refractivity contribution in [2.75, 3.05) is 10.8 Å². The van der Waals surface area contributed by atoms with Crippen molar-refractivity contribution in [1.82, 2.24) is 20.2 Å². The van der Waals surface area contributed by atoms with E-state index in [1.54, 1.807) is 19.9 Å². The predicted molar refractivity (Wildman–Crippen MR) is 65.6 cm³/mol. The first kappa shape index (κ1) is 12.5. The lowest BCUT2D eigenvalue weighted by atomic mass is 10.4. The molecule has 0 aliphatic carbocycles. The Morgan fingerprint density at radius 3 is 2.61 bits per heavy atom. The van der Waals surface area contributed by atoms with Gasteiger partial charge in [-0.05, 0) is 26.0 Å². The van der Waals surface area contributed by atoms with Gasteiger partial charge in [-0.3, -0.25) is 4.98 Å². The molecule has 0 bridgehead atoms. The fourth-order valence-corrected chi connectivity index (χ4v) is 2.82. The zero-order valence-electron chi connectivity index (χ0n) is 10.0. The Morgan fingerprint density at radius 2 is 2.11 bits per heavy atom. The topological polar surface area (TPSA) is 91.8 Å². The number of nitrogens with one attached hydrogen (secondary N) is 1. The van der Waals surface area contributed by atoms with Crippen LogP contribution in [0.25, 0.3) is 0 Å². The lowest BCUT2D eigenvalue weighted by Crippen LogP contribution is -2.31. The van der Waals surface area contributed by atoms with Crippen LogP contribution in [-0.4, -0.2) is 35.1 Å². The minimum absolute atomic E-state index is 0.131. The summed E-state index contributed by atoms with van der Waals surface area (Å²) in [5.74, 6) is 0.193. The van der Waals surface area contributed by atoms with Gasteiger partial charge in [-0.1, -0.05) is 0 Å². The number of hydrogen-bond donors (Lipinski definition) is 1. The molecule has 18 heavy (non-hydrogen) atoms. The third-order valence-electron chi connectivity index (χ3n) is 2.40. The molecule has 0 fully saturated rings. The minimum Gasteiger partial charge on any atom is -0.260 e. The molecule has 0 saturated heterocycles. The molecule has 2 aromatic rings. The average Bonchev–Trinajstić information content (AvgIpc) is 2.84. The van der Waals surface area contributed by atoms with E-state index < -0.39 is 10.0 Å². The highest BCUT2D eigenvalue weighted by atomic mass is 32.2. The normalized spacial score (nSPS) is 11.4. The van der Waals surface area contributed by atoms with E-state index in [-0.39, 0.29) is 17.4 Å². The van der Waals surface area contributed by atoms with Crippen molar-refractivity contribution in [2.24, 2.45) is 0 Å². The Bertz CT molecular complexity index is 606. The highest BCUT2D eigenvalue weighted by Crippen LogP contribution is 2.18. The molecular formula is C10H13N5O2S. The zero-order valence-corrected chi connectivity index (χ0v) is 10.8. The Morgan fingerprint density at radius 1 is 1.33 bits per heavy atom. The van der Waals surface area contributed by atoms with Gasteiger partial charge in [-0.15, -0.1) is 0 Å². The Labute approximate surface area is 105 Å². The summed E-state index contributed by atoms with van der Waals surface area (Å²) in [4.78, 5) is 7.98. The molecule has 7 nitrogen and oxygen atoms in total. The standard InChI is InChI=1S/C10H13N5O2S/c1-3-15(10-12-7-13-14-10)18(16,17)9-5-4-8(2)11-6-9/h4-7H,3H2,1-2H3,(H,12,13,14). The second-order valence-electron chi connectivity index (χ2n) is 3.61. The van der Waals surface area contributed by atoms with Crippen LogP contribution in [0.15, 0.2) is 29.6 Å². The van der Waals surface area contributed by atoms with Crippen molar-refractivity contribution < 1.29 is 8.42 Å². The first-order valence-corrected chi connectivity index (χ1v) is 6.80. The average molecular weight is 267 g/mol. The van der Waals surface area contributed by atoms with E-state index in [2.05, 4.69) is 20.2 Å². The molecule has 2 aromatic heterocycles. The molecule has 0 spiro atoms. The lowest BCUT2D eigenvalue weighted by molar-refractivity contribution is 0.590. The van der Waals surface area contributed by atoms with E-state index in [1.807, 2.05) is 0 Å². The number of nitrogens with zero attached hydrogens (tertiary/aromatic N) is 4. The summed E-state index contributed by atoms with van der Waals surface area (Å²) in [7, 11) is -3.65. The summed E-state index contributed by atoms with van der Waals surface area (Å²) >= 11 is 0. The molecule has 96 valence electrons. The predicted octanol–water partition coefficient (Wildman–Crippen LogP) is 0.723. The molecule has 0 radical (unpaired) electrons. The van der Waals surface area contributed by atoms with Gasteiger partial charge in [-0.2, -0.15) is 10.1 Å². The van der Waals surface area contributed by atoms with Crippen LogP contribution in [0.1, 0.15) is 12.6 Å². The summed E-state index contributed by atoms with van der Waals surface area (Å²) in [6.07, 6.45) is 2.60. The van der Waals surface area contributed by atoms with Crippen LogP contribution in [-0.2, 0) is 10.0 Å². The van der Waals surface area contributed by atoms with Gasteiger partial charge in [0, 0.05) is 18.4 Å². The van der Waals surface area contributed by atoms with E-state index in [9.17, 15) is 8.42 Å². The highest BCUT2D eigenvalue weighted by molar-refractivity contribution is 7.92. The fraction of sp³-hybridized carbons (Fsp3) is 0.300. The molecule has 0 amide bonds. The third kappa shape index (κ3) is 2.19.